The van der Waals surface area contributed by atoms with Crippen molar-refractivity contribution in [1.82, 2.24) is 24.8 Å². The summed E-state index contributed by atoms with van der Waals surface area (Å²) in [5, 5.41) is 32.2. The van der Waals surface area contributed by atoms with Crippen molar-refractivity contribution in [1.29, 1.82) is 0 Å². The molecule has 0 aliphatic heterocycles. The number of benzene rings is 2. The number of hydrogen-bond donors (Lipinski definition) is 2. The summed E-state index contributed by atoms with van der Waals surface area (Å²) in [6, 6.07) is 18.0. The van der Waals surface area contributed by atoms with E-state index in [2.05, 4.69) is 39.7 Å². The number of carboxylic acids is 1. The van der Waals surface area contributed by atoms with E-state index >= 15 is 0 Å². The molecule has 210 valence electrons. The predicted molar refractivity (Wildman–Crippen MR) is 149 cm³/mol. The summed E-state index contributed by atoms with van der Waals surface area (Å²) in [5.74, 6) is 0.187. The van der Waals surface area contributed by atoms with Crippen LogP contribution in [0.15, 0.2) is 60.8 Å². The number of aromatic carboxylic acids is 1. The lowest BCUT2D eigenvalue weighted by atomic mass is 9.82. The lowest BCUT2D eigenvalue weighted by Gasteiger charge is -2.29. The topological polar surface area (TPSA) is 125 Å². The summed E-state index contributed by atoms with van der Waals surface area (Å²) < 4.78 is 14.7. The summed E-state index contributed by atoms with van der Waals surface area (Å²) in [7, 11) is 1.61. The summed E-state index contributed by atoms with van der Waals surface area (Å²) in [6.07, 6.45) is 5.26. The van der Waals surface area contributed by atoms with E-state index in [4.69, 9.17) is 9.47 Å². The molecule has 2 aromatic carbocycles. The fourth-order valence-electron chi connectivity index (χ4n) is 5.16. The van der Waals surface area contributed by atoms with Gasteiger partial charge in [0.15, 0.2) is 0 Å². The van der Waals surface area contributed by atoms with Crippen LogP contribution in [-0.4, -0.2) is 59.8 Å². The third kappa shape index (κ3) is 6.51. The minimum absolute atomic E-state index is 0.110. The van der Waals surface area contributed by atoms with E-state index < -0.39 is 11.6 Å². The van der Waals surface area contributed by atoms with Crippen LogP contribution in [-0.2, 0) is 13.1 Å². The van der Waals surface area contributed by atoms with Crippen LogP contribution in [0.1, 0.15) is 67.1 Å². The van der Waals surface area contributed by atoms with Gasteiger partial charge in [0.25, 0.3) is 0 Å². The number of aliphatic hydroxyl groups is 1. The molecule has 1 aliphatic rings. The quantitative estimate of drug-likeness (QED) is 0.292. The van der Waals surface area contributed by atoms with Gasteiger partial charge in [0.2, 0.25) is 11.6 Å². The molecule has 0 radical (unpaired) electrons. The van der Waals surface area contributed by atoms with Crippen molar-refractivity contribution in [3.05, 3.63) is 77.6 Å². The van der Waals surface area contributed by atoms with Crippen LogP contribution in [0.2, 0.25) is 0 Å². The largest absolute Gasteiger partial charge is 0.497 e. The Morgan fingerprint density at radius 1 is 1.02 bits per heavy atom. The maximum Gasteiger partial charge on any atom is 0.362 e. The molecule has 1 fully saturated rings. The van der Waals surface area contributed by atoms with E-state index in [0.29, 0.717) is 19.0 Å². The zero-order valence-corrected chi connectivity index (χ0v) is 23.0. The van der Waals surface area contributed by atoms with Crippen LogP contribution in [0.4, 0.5) is 0 Å². The number of carbonyl (C=O) groups is 1. The molecule has 1 aliphatic carbocycles. The molecular formula is C30H35N5O5. The van der Waals surface area contributed by atoms with Crippen LogP contribution in [0, 0.1) is 0 Å². The first-order valence-electron chi connectivity index (χ1n) is 13.5. The Labute approximate surface area is 233 Å². The van der Waals surface area contributed by atoms with Gasteiger partial charge < -0.3 is 19.7 Å². The zero-order valence-electron chi connectivity index (χ0n) is 23.0. The molecule has 2 aromatic heterocycles. The molecule has 0 unspecified atom stereocenters. The van der Waals surface area contributed by atoms with Gasteiger partial charge in [-0.3, -0.25) is 4.68 Å². The SMILES string of the molecule is COc1ccc(Cn2nnc(C(=O)O)c2OC2CCC(c3ccc(-c4ccn(CC(C)(C)O)n4)cc3)CC2)cc1. The van der Waals surface area contributed by atoms with Gasteiger partial charge in [0, 0.05) is 11.8 Å². The van der Waals surface area contributed by atoms with Crippen LogP contribution >= 0.6 is 0 Å². The molecule has 10 nitrogen and oxygen atoms in total. The van der Waals surface area contributed by atoms with Crippen molar-refractivity contribution in [2.24, 2.45) is 0 Å². The Morgan fingerprint density at radius 3 is 2.35 bits per heavy atom. The van der Waals surface area contributed by atoms with Gasteiger partial charge in [0.1, 0.15) is 11.9 Å². The lowest BCUT2D eigenvalue weighted by Crippen LogP contribution is -2.26. The zero-order chi connectivity index (χ0) is 28.3. The number of aromatic nitrogens is 5. The number of carboxylic acid groups (broad SMARTS) is 1. The van der Waals surface area contributed by atoms with Gasteiger partial charge in [-0.1, -0.05) is 41.6 Å². The van der Waals surface area contributed by atoms with Crippen molar-refractivity contribution in [3.8, 4) is 22.9 Å². The molecule has 1 saturated carbocycles. The number of rotatable bonds is 10. The van der Waals surface area contributed by atoms with Crippen LogP contribution < -0.4 is 9.47 Å². The van der Waals surface area contributed by atoms with Gasteiger partial charge in [0.05, 0.1) is 31.5 Å². The third-order valence-electron chi connectivity index (χ3n) is 7.20. The molecular weight excluding hydrogens is 510 g/mol. The van der Waals surface area contributed by atoms with E-state index in [0.717, 1.165) is 48.3 Å². The minimum Gasteiger partial charge on any atom is -0.497 e. The number of methoxy groups -OCH3 is 1. The Hall–Kier alpha value is -4.18. The fourth-order valence-corrected chi connectivity index (χ4v) is 5.16. The molecule has 0 saturated heterocycles. The molecule has 5 rings (SSSR count). The highest BCUT2D eigenvalue weighted by Gasteiger charge is 2.28. The van der Waals surface area contributed by atoms with E-state index in [1.165, 1.54) is 10.2 Å². The van der Waals surface area contributed by atoms with Crippen LogP contribution in [0.25, 0.3) is 11.3 Å². The van der Waals surface area contributed by atoms with E-state index in [-0.39, 0.29) is 17.7 Å². The van der Waals surface area contributed by atoms with Crippen molar-refractivity contribution < 1.29 is 24.5 Å². The third-order valence-corrected chi connectivity index (χ3v) is 7.20. The van der Waals surface area contributed by atoms with Crippen molar-refractivity contribution >= 4 is 5.97 Å². The Balaban J connectivity index is 1.21. The van der Waals surface area contributed by atoms with Crippen molar-refractivity contribution in [2.45, 2.75) is 70.2 Å². The fraction of sp³-hybridized carbons (Fsp3) is 0.400. The second kappa shape index (κ2) is 11.5. The van der Waals surface area contributed by atoms with E-state index in [1.807, 2.05) is 36.5 Å². The molecule has 0 bridgehead atoms. The average molecular weight is 546 g/mol. The van der Waals surface area contributed by atoms with E-state index in [9.17, 15) is 15.0 Å². The first kappa shape index (κ1) is 27.4. The molecule has 2 heterocycles. The first-order chi connectivity index (χ1) is 19.2. The second-order valence-electron chi connectivity index (χ2n) is 11.0. The molecule has 0 atom stereocenters. The maximum atomic E-state index is 11.8. The Morgan fingerprint density at radius 2 is 1.73 bits per heavy atom. The highest BCUT2D eigenvalue weighted by Crippen LogP contribution is 2.36. The standard InChI is InChI=1S/C30H35N5O5/c1-30(2,38)19-34-17-16-26(32-34)23-8-6-21(7-9-23)22-10-14-25(15-11-22)40-28-27(29(36)37)31-33-35(28)18-20-4-12-24(39-3)13-5-20/h4-9,12-13,16-17,22,25,38H,10-11,14-15,18-19H2,1-3H3,(H,36,37). The summed E-state index contributed by atoms with van der Waals surface area (Å²) in [5.41, 5.74) is 3.13. The van der Waals surface area contributed by atoms with Crippen LogP contribution in [0.3, 0.4) is 0 Å². The summed E-state index contributed by atoms with van der Waals surface area (Å²) in [6.45, 7) is 4.31. The van der Waals surface area contributed by atoms with Gasteiger partial charge in [-0.25, -0.2) is 9.48 Å². The van der Waals surface area contributed by atoms with Gasteiger partial charge in [-0.05, 0) is 74.8 Å². The Bertz CT molecular complexity index is 1430. The second-order valence-corrected chi connectivity index (χ2v) is 11.0. The smallest absolute Gasteiger partial charge is 0.362 e. The number of ether oxygens (including phenoxy) is 2. The van der Waals surface area contributed by atoms with Crippen molar-refractivity contribution in [2.75, 3.05) is 7.11 Å². The molecule has 40 heavy (non-hydrogen) atoms. The first-order valence-corrected chi connectivity index (χ1v) is 13.5. The highest BCUT2D eigenvalue weighted by molar-refractivity contribution is 5.87. The van der Waals surface area contributed by atoms with Crippen molar-refractivity contribution in [3.63, 3.8) is 0 Å². The predicted octanol–water partition coefficient (Wildman–Crippen LogP) is 4.77. The molecule has 2 N–H and O–H groups in total. The van der Waals surface area contributed by atoms with Gasteiger partial charge in [-0.15, -0.1) is 5.10 Å². The van der Waals surface area contributed by atoms with E-state index in [1.54, 1.807) is 25.6 Å². The van der Waals surface area contributed by atoms with Gasteiger partial charge in [-0.2, -0.15) is 5.10 Å². The van der Waals surface area contributed by atoms with Crippen LogP contribution in [0.5, 0.6) is 11.6 Å². The monoisotopic (exact) mass is 545 g/mol. The highest BCUT2D eigenvalue weighted by atomic mass is 16.5. The number of hydrogen-bond acceptors (Lipinski definition) is 7. The summed E-state index contributed by atoms with van der Waals surface area (Å²) >= 11 is 0. The average Bonchev–Trinajstić information content (AvgIpc) is 3.56. The molecule has 0 amide bonds. The number of nitrogens with zero attached hydrogens (tertiary/aromatic N) is 5. The summed E-state index contributed by atoms with van der Waals surface area (Å²) in [4.78, 5) is 11.8. The maximum absolute atomic E-state index is 11.8. The normalized spacial score (nSPS) is 17.5. The molecule has 10 heteroatoms. The molecule has 4 aromatic rings. The minimum atomic E-state index is -1.16. The Kier molecular flexibility index (Phi) is 7.88. The molecule has 0 spiro atoms. The van der Waals surface area contributed by atoms with Gasteiger partial charge >= 0.3 is 5.97 Å². The lowest BCUT2D eigenvalue weighted by molar-refractivity contribution is 0.0577.